The van der Waals surface area contributed by atoms with Crippen molar-refractivity contribution in [3.63, 3.8) is 0 Å². The lowest BCUT2D eigenvalue weighted by Crippen LogP contribution is -2.47. The van der Waals surface area contributed by atoms with Crippen LogP contribution in [-0.2, 0) is 9.47 Å². The molecule has 94 valence electrons. The van der Waals surface area contributed by atoms with Gasteiger partial charge in [-0.15, -0.1) is 0 Å². The van der Waals surface area contributed by atoms with Gasteiger partial charge in [-0.25, -0.2) is 9.59 Å². The fourth-order valence-corrected chi connectivity index (χ4v) is 3.58. The van der Waals surface area contributed by atoms with Crippen LogP contribution in [0, 0.1) is 17.3 Å². The van der Waals surface area contributed by atoms with E-state index >= 15 is 0 Å². The van der Waals surface area contributed by atoms with Gasteiger partial charge in [0, 0.05) is 12.3 Å². The van der Waals surface area contributed by atoms with E-state index in [1.54, 1.807) is 0 Å². The summed E-state index contributed by atoms with van der Waals surface area (Å²) >= 11 is 0. The van der Waals surface area contributed by atoms with Gasteiger partial charge in [0.15, 0.2) is 5.72 Å². The van der Waals surface area contributed by atoms with Crippen molar-refractivity contribution in [2.45, 2.75) is 31.1 Å². The Bertz CT molecular complexity index is 406. The highest BCUT2D eigenvalue weighted by Crippen LogP contribution is 2.76. The van der Waals surface area contributed by atoms with Crippen molar-refractivity contribution in [3.05, 3.63) is 0 Å². The molecule has 3 aliphatic rings. The molecule has 0 unspecified atom stereocenters. The fraction of sp³-hybridized carbons (Fsp3) is 0.800. The van der Waals surface area contributed by atoms with Gasteiger partial charge in [-0.2, -0.15) is 0 Å². The maximum Gasteiger partial charge on any atom is 0.507 e. The van der Waals surface area contributed by atoms with Crippen molar-refractivity contribution >= 4 is 12.3 Å². The highest BCUT2D eigenvalue weighted by atomic mass is 16.7. The minimum absolute atomic E-state index is 0.0305. The Balaban J connectivity index is 1.80. The first-order valence-corrected chi connectivity index (χ1v) is 5.48. The molecule has 0 aromatic rings. The number of fused-ring (bicyclic) bond motifs is 2. The van der Waals surface area contributed by atoms with E-state index in [9.17, 15) is 9.59 Å². The predicted molar refractivity (Wildman–Crippen MR) is 52.2 cm³/mol. The molecule has 4 atom stereocenters. The Kier molecular flexibility index (Phi) is 1.78. The van der Waals surface area contributed by atoms with Crippen molar-refractivity contribution in [2.24, 2.45) is 23.0 Å². The Morgan fingerprint density at radius 2 is 1.82 bits per heavy atom. The van der Waals surface area contributed by atoms with E-state index in [0.717, 1.165) is 12.8 Å². The molecule has 0 heterocycles. The molecule has 1 spiro atoms. The molecule has 3 saturated carbocycles. The molecule has 4 N–H and O–H groups in total. The first-order valence-electron chi connectivity index (χ1n) is 5.48. The fourth-order valence-electron chi connectivity index (χ4n) is 3.58. The van der Waals surface area contributed by atoms with Crippen LogP contribution < -0.4 is 5.73 Å². The van der Waals surface area contributed by atoms with Crippen LogP contribution in [0.5, 0.6) is 0 Å². The summed E-state index contributed by atoms with van der Waals surface area (Å²) in [5.74, 6) is -0.292. The topological polar surface area (TPSA) is 119 Å². The monoisotopic (exact) mass is 243 g/mol. The molecular weight excluding hydrogens is 230 g/mol. The maximum atomic E-state index is 10.6. The third kappa shape index (κ3) is 1.38. The number of nitrogens with two attached hydrogens (primary N) is 1. The number of rotatable bonds is 2. The molecule has 3 rings (SSSR count). The van der Waals surface area contributed by atoms with Crippen molar-refractivity contribution < 1.29 is 29.3 Å². The van der Waals surface area contributed by atoms with Gasteiger partial charge in [0.1, 0.15) is 6.10 Å². The second-order valence-electron chi connectivity index (χ2n) is 5.26. The summed E-state index contributed by atoms with van der Waals surface area (Å²) in [6.07, 6.45) is -0.928. The molecule has 7 nitrogen and oxygen atoms in total. The maximum absolute atomic E-state index is 10.6. The van der Waals surface area contributed by atoms with Crippen LogP contribution in [-0.4, -0.2) is 34.4 Å². The average molecular weight is 243 g/mol. The first-order chi connectivity index (χ1) is 7.88. The Hall–Kier alpha value is -1.50. The Morgan fingerprint density at radius 3 is 2.29 bits per heavy atom. The van der Waals surface area contributed by atoms with E-state index in [1.807, 2.05) is 0 Å². The van der Waals surface area contributed by atoms with E-state index in [4.69, 9.17) is 25.4 Å². The molecule has 0 amide bonds. The summed E-state index contributed by atoms with van der Waals surface area (Å²) in [5.41, 5.74) is 4.62. The van der Waals surface area contributed by atoms with E-state index < -0.39 is 24.1 Å². The lowest BCUT2D eigenvalue weighted by Gasteiger charge is -2.27. The highest BCUT2D eigenvalue weighted by molar-refractivity contribution is 5.59. The zero-order valence-electron chi connectivity index (χ0n) is 8.96. The van der Waals surface area contributed by atoms with Crippen molar-refractivity contribution in [1.29, 1.82) is 0 Å². The third-order valence-corrected chi connectivity index (χ3v) is 4.26. The predicted octanol–water partition coefficient (Wildman–Crippen LogP) is 0.829. The number of hydrogen-bond acceptors (Lipinski definition) is 5. The van der Waals surface area contributed by atoms with Crippen molar-refractivity contribution in [2.75, 3.05) is 0 Å². The van der Waals surface area contributed by atoms with Crippen LogP contribution >= 0.6 is 0 Å². The first kappa shape index (κ1) is 10.6. The zero-order chi connectivity index (χ0) is 12.4. The van der Waals surface area contributed by atoms with Crippen LogP contribution in [0.15, 0.2) is 0 Å². The second kappa shape index (κ2) is 2.84. The molecule has 7 heteroatoms. The van der Waals surface area contributed by atoms with Gasteiger partial charge in [-0.1, -0.05) is 0 Å². The summed E-state index contributed by atoms with van der Waals surface area (Å²) in [6, 6.07) is 0. The Morgan fingerprint density at radius 1 is 1.18 bits per heavy atom. The molecule has 17 heavy (non-hydrogen) atoms. The van der Waals surface area contributed by atoms with Gasteiger partial charge in [0.25, 0.3) is 0 Å². The van der Waals surface area contributed by atoms with Gasteiger partial charge in [0.05, 0.1) is 5.92 Å². The van der Waals surface area contributed by atoms with E-state index in [0.29, 0.717) is 6.42 Å². The summed E-state index contributed by atoms with van der Waals surface area (Å²) < 4.78 is 9.51. The average Bonchev–Trinajstić information content (AvgIpc) is 2.96. The van der Waals surface area contributed by atoms with Crippen LogP contribution in [0.25, 0.3) is 0 Å². The smallest absolute Gasteiger partial charge is 0.450 e. The zero-order valence-corrected chi connectivity index (χ0v) is 8.96. The van der Waals surface area contributed by atoms with E-state index in [2.05, 4.69) is 0 Å². The van der Waals surface area contributed by atoms with Gasteiger partial charge in [0.2, 0.25) is 0 Å². The summed E-state index contributed by atoms with van der Waals surface area (Å²) in [7, 11) is 0. The summed E-state index contributed by atoms with van der Waals surface area (Å²) in [4.78, 5) is 21.2. The minimum Gasteiger partial charge on any atom is -0.450 e. The van der Waals surface area contributed by atoms with Gasteiger partial charge >= 0.3 is 12.3 Å². The van der Waals surface area contributed by atoms with Gasteiger partial charge in [-0.3, -0.25) is 5.73 Å². The molecule has 3 aliphatic carbocycles. The van der Waals surface area contributed by atoms with E-state index in [-0.39, 0.29) is 17.3 Å². The SMILES string of the molecule is N[C@]1(OC(=O)O)CC2(CC2)[C@@H]2[C@H](OC(=O)O)[C@H]21. The largest absolute Gasteiger partial charge is 0.507 e. The summed E-state index contributed by atoms with van der Waals surface area (Å²) in [6.45, 7) is 0. The molecule has 0 saturated heterocycles. The number of ether oxygens (including phenoxy) is 2. The van der Waals surface area contributed by atoms with Gasteiger partial charge < -0.3 is 19.7 Å². The Labute approximate surface area is 96.5 Å². The molecule has 0 radical (unpaired) electrons. The number of carbonyl (C=O) groups is 2. The van der Waals surface area contributed by atoms with Crippen LogP contribution in [0.1, 0.15) is 19.3 Å². The van der Waals surface area contributed by atoms with E-state index in [1.165, 1.54) is 0 Å². The minimum atomic E-state index is -1.43. The quantitative estimate of drug-likeness (QED) is 0.485. The normalized spacial score (nSPS) is 43.9. The second-order valence-corrected chi connectivity index (χ2v) is 5.26. The lowest BCUT2D eigenvalue weighted by molar-refractivity contribution is -0.0459. The molecule has 0 aliphatic heterocycles. The molecule has 0 bridgehead atoms. The molecule has 3 fully saturated rings. The number of carboxylic acid groups (broad SMARTS) is 2. The van der Waals surface area contributed by atoms with Crippen LogP contribution in [0.4, 0.5) is 9.59 Å². The van der Waals surface area contributed by atoms with Crippen LogP contribution in [0.3, 0.4) is 0 Å². The molecule has 0 aromatic heterocycles. The highest BCUT2D eigenvalue weighted by Gasteiger charge is 2.81. The van der Waals surface area contributed by atoms with Crippen molar-refractivity contribution in [1.82, 2.24) is 0 Å². The summed E-state index contributed by atoms with van der Waals surface area (Å²) in [5, 5.41) is 17.3. The van der Waals surface area contributed by atoms with Crippen LogP contribution in [0.2, 0.25) is 0 Å². The number of hydrogen-bond donors (Lipinski definition) is 3. The third-order valence-electron chi connectivity index (χ3n) is 4.26. The van der Waals surface area contributed by atoms with Crippen molar-refractivity contribution in [3.8, 4) is 0 Å². The molecule has 0 aromatic carbocycles. The lowest BCUT2D eigenvalue weighted by atomic mass is 9.96. The molecular formula is C10H13NO6. The standard InChI is InChI=1S/C10H13NO6/c11-10(17-8(14)15)3-9(1-2-9)4-5(10)6(4)16-7(12)13/h4-6H,1-3,11H2,(H,12,13)(H,14,15)/t4-,5-,6-,10-/m0/s1. The van der Waals surface area contributed by atoms with Gasteiger partial charge in [-0.05, 0) is 18.3 Å².